The molecule has 88 valence electrons. The Morgan fingerprint density at radius 2 is 1.93 bits per heavy atom. The van der Waals surface area contributed by atoms with E-state index < -0.39 is 0 Å². The minimum Gasteiger partial charge on any atom is -0.335 e. The first-order valence-corrected chi connectivity index (χ1v) is 6.20. The molecule has 0 saturated heterocycles. The summed E-state index contributed by atoms with van der Waals surface area (Å²) < 4.78 is 0. The molecule has 0 aromatic rings. The molecule has 0 bridgehead atoms. The number of carbonyl (C=O) groups is 1. The highest BCUT2D eigenvalue weighted by atomic mass is 35.5. The van der Waals surface area contributed by atoms with Gasteiger partial charge in [-0.25, -0.2) is 4.79 Å². The monoisotopic (exact) mass is 232 g/mol. The molecule has 4 heteroatoms. The van der Waals surface area contributed by atoms with Crippen molar-refractivity contribution < 1.29 is 4.79 Å². The highest BCUT2D eigenvalue weighted by Crippen LogP contribution is 2.27. The van der Waals surface area contributed by atoms with Crippen LogP contribution in [0, 0.1) is 5.92 Å². The number of amides is 2. The lowest BCUT2D eigenvalue weighted by Crippen LogP contribution is -2.43. The molecule has 0 aliphatic heterocycles. The van der Waals surface area contributed by atoms with Crippen molar-refractivity contribution in [2.24, 2.45) is 5.92 Å². The van der Waals surface area contributed by atoms with Crippen molar-refractivity contribution in [3.05, 3.63) is 0 Å². The van der Waals surface area contributed by atoms with Crippen LogP contribution in [0.1, 0.15) is 32.1 Å². The smallest absolute Gasteiger partial charge is 0.317 e. The molecule has 1 fully saturated rings. The second-order valence-corrected chi connectivity index (χ2v) is 4.92. The summed E-state index contributed by atoms with van der Waals surface area (Å²) in [5.74, 6) is 1.54. The minimum atomic E-state index is 0.0239. The van der Waals surface area contributed by atoms with Crippen LogP contribution in [0.4, 0.5) is 4.79 Å². The minimum absolute atomic E-state index is 0.0239. The zero-order valence-electron chi connectivity index (χ0n) is 9.63. The molecule has 0 radical (unpaired) electrons. The molecule has 3 nitrogen and oxygen atoms in total. The normalized spacial score (nSPS) is 26.1. The van der Waals surface area contributed by atoms with E-state index in [-0.39, 0.29) is 6.03 Å². The van der Waals surface area contributed by atoms with E-state index in [1.807, 2.05) is 0 Å². The Hall–Kier alpha value is -0.440. The van der Waals surface area contributed by atoms with Gasteiger partial charge in [0.25, 0.3) is 0 Å². The number of hydrogen-bond acceptors (Lipinski definition) is 1. The number of nitrogens with zero attached hydrogens (tertiary/aromatic N) is 1. The van der Waals surface area contributed by atoms with E-state index >= 15 is 0 Å². The second kappa shape index (κ2) is 6.21. The molecule has 2 amide bonds. The predicted molar refractivity (Wildman–Crippen MR) is 63.3 cm³/mol. The van der Waals surface area contributed by atoms with Crippen LogP contribution in [0.15, 0.2) is 0 Å². The van der Waals surface area contributed by atoms with Crippen LogP contribution in [0.2, 0.25) is 0 Å². The molecular weight excluding hydrogens is 212 g/mol. The van der Waals surface area contributed by atoms with Gasteiger partial charge in [0, 0.05) is 26.0 Å². The van der Waals surface area contributed by atoms with Gasteiger partial charge in [-0.2, -0.15) is 0 Å². The Kier molecular flexibility index (Phi) is 5.23. The summed E-state index contributed by atoms with van der Waals surface area (Å²) in [6.07, 6.45) is 5.72. The molecule has 0 heterocycles. The number of nitrogens with one attached hydrogen (secondary N) is 1. The third kappa shape index (κ3) is 4.29. The molecule has 1 saturated carbocycles. The van der Waals surface area contributed by atoms with Gasteiger partial charge in [-0.05, 0) is 38.0 Å². The zero-order valence-corrected chi connectivity index (χ0v) is 10.4. The molecule has 0 aromatic heterocycles. The molecule has 1 N–H and O–H groups in total. The second-order valence-electron chi connectivity index (χ2n) is 4.54. The third-order valence-electron chi connectivity index (χ3n) is 3.10. The van der Waals surface area contributed by atoms with Crippen LogP contribution < -0.4 is 5.32 Å². The molecule has 1 aliphatic carbocycles. The number of rotatable bonds is 3. The summed E-state index contributed by atoms with van der Waals surface area (Å²) in [5, 5.41) is 3.03. The lowest BCUT2D eigenvalue weighted by atomic mass is 9.84. The summed E-state index contributed by atoms with van der Waals surface area (Å²) in [6, 6.07) is 0.391. The largest absolute Gasteiger partial charge is 0.335 e. The van der Waals surface area contributed by atoms with Gasteiger partial charge in [0.1, 0.15) is 0 Å². The Morgan fingerprint density at radius 1 is 1.33 bits per heavy atom. The number of carbonyl (C=O) groups excluding carboxylic acids is 1. The standard InChI is InChI=1S/C11H21ClN2O/c1-14(2)11(15)13-10-5-3-9(4-6-10)7-8-12/h9-10H,3-8H2,1-2H3,(H,13,15). The lowest BCUT2D eigenvalue weighted by Gasteiger charge is -2.29. The predicted octanol–water partition coefficient (Wildman–Crippen LogP) is 2.45. The SMILES string of the molecule is CN(C)C(=O)NC1CCC(CCCl)CC1. The van der Waals surface area contributed by atoms with Gasteiger partial charge in [0.2, 0.25) is 0 Å². The Morgan fingerprint density at radius 3 is 2.40 bits per heavy atom. The van der Waals surface area contributed by atoms with Crippen molar-refractivity contribution in [2.45, 2.75) is 38.1 Å². The fourth-order valence-corrected chi connectivity index (χ4v) is 2.36. The van der Waals surface area contributed by atoms with Gasteiger partial charge in [0.05, 0.1) is 0 Å². The fourth-order valence-electron chi connectivity index (χ4n) is 2.05. The van der Waals surface area contributed by atoms with E-state index in [0.29, 0.717) is 6.04 Å². The average molecular weight is 233 g/mol. The summed E-state index contributed by atoms with van der Waals surface area (Å²) in [5.41, 5.74) is 0. The van der Waals surface area contributed by atoms with Crippen LogP contribution >= 0.6 is 11.6 Å². The van der Waals surface area contributed by atoms with Gasteiger partial charge < -0.3 is 10.2 Å². The summed E-state index contributed by atoms with van der Waals surface area (Å²) >= 11 is 5.72. The van der Waals surface area contributed by atoms with E-state index in [1.54, 1.807) is 19.0 Å². The maximum Gasteiger partial charge on any atom is 0.317 e. The van der Waals surface area contributed by atoms with Gasteiger partial charge in [-0.1, -0.05) is 0 Å². The van der Waals surface area contributed by atoms with Crippen molar-refractivity contribution in [3.63, 3.8) is 0 Å². The van der Waals surface area contributed by atoms with Crippen LogP contribution in [-0.4, -0.2) is 36.9 Å². The molecular formula is C11H21ClN2O. The highest BCUT2D eigenvalue weighted by molar-refractivity contribution is 6.17. The van der Waals surface area contributed by atoms with Crippen molar-refractivity contribution in [1.29, 1.82) is 0 Å². The summed E-state index contributed by atoms with van der Waals surface area (Å²) in [7, 11) is 3.54. The number of urea groups is 1. The molecule has 1 aliphatic rings. The van der Waals surface area contributed by atoms with Gasteiger partial charge >= 0.3 is 6.03 Å². The van der Waals surface area contributed by atoms with E-state index in [2.05, 4.69) is 5.32 Å². The van der Waals surface area contributed by atoms with Crippen LogP contribution in [-0.2, 0) is 0 Å². The van der Waals surface area contributed by atoms with Gasteiger partial charge in [0.15, 0.2) is 0 Å². The maximum absolute atomic E-state index is 11.4. The molecule has 0 unspecified atom stereocenters. The maximum atomic E-state index is 11.4. The van der Waals surface area contributed by atoms with Crippen LogP contribution in [0.3, 0.4) is 0 Å². The van der Waals surface area contributed by atoms with Crippen LogP contribution in [0.25, 0.3) is 0 Å². The van der Waals surface area contributed by atoms with E-state index in [4.69, 9.17) is 11.6 Å². The first-order valence-electron chi connectivity index (χ1n) is 5.67. The molecule has 15 heavy (non-hydrogen) atoms. The summed E-state index contributed by atoms with van der Waals surface area (Å²) in [6.45, 7) is 0. The molecule has 0 atom stereocenters. The number of hydrogen-bond donors (Lipinski definition) is 1. The summed E-state index contributed by atoms with van der Waals surface area (Å²) in [4.78, 5) is 13.0. The number of halogens is 1. The number of alkyl halides is 1. The Balaban J connectivity index is 2.22. The molecule has 1 rings (SSSR count). The average Bonchev–Trinajstić information content (AvgIpc) is 2.21. The fraction of sp³-hybridized carbons (Fsp3) is 0.909. The van der Waals surface area contributed by atoms with Crippen molar-refractivity contribution in [1.82, 2.24) is 10.2 Å². The van der Waals surface area contributed by atoms with Crippen molar-refractivity contribution >= 4 is 17.6 Å². The van der Waals surface area contributed by atoms with E-state index in [9.17, 15) is 4.79 Å². The van der Waals surface area contributed by atoms with Crippen LogP contribution in [0.5, 0.6) is 0 Å². The lowest BCUT2D eigenvalue weighted by molar-refractivity contribution is 0.204. The molecule has 0 aromatic carbocycles. The first kappa shape index (κ1) is 12.6. The van der Waals surface area contributed by atoms with Gasteiger partial charge in [-0.3, -0.25) is 0 Å². The topological polar surface area (TPSA) is 32.3 Å². The Labute approximate surface area is 97.2 Å². The zero-order chi connectivity index (χ0) is 11.3. The highest BCUT2D eigenvalue weighted by Gasteiger charge is 2.22. The first-order chi connectivity index (χ1) is 7.13. The molecule has 0 spiro atoms. The van der Waals surface area contributed by atoms with Gasteiger partial charge in [-0.15, -0.1) is 11.6 Å². The Bertz CT molecular complexity index is 201. The quantitative estimate of drug-likeness (QED) is 0.745. The van der Waals surface area contributed by atoms with Crippen molar-refractivity contribution in [3.8, 4) is 0 Å². The van der Waals surface area contributed by atoms with Crippen molar-refractivity contribution in [2.75, 3.05) is 20.0 Å². The van der Waals surface area contributed by atoms with E-state index in [1.165, 1.54) is 12.8 Å². The third-order valence-corrected chi connectivity index (χ3v) is 3.32. The van der Waals surface area contributed by atoms with E-state index in [0.717, 1.165) is 31.1 Å².